The number of esters is 1. The Kier molecular flexibility index (Phi) is 5.87. The van der Waals surface area contributed by atoms with E-state index in [0.717, 1.165) is 16.1 Å². The molecule has 1 amide bonds. The molecule has 0 aliphatic rings. The summed E-state index contributed by atoms with van der Waals surface area (Å²) in [5, 5.41) is 2.59. The first-order valence-corrected chi connectivity index (χ1v) is 7.68. The van der Waals surface area contributed by atoms with Gasteiger partial charge in [-0.2, -0.15) is 0 Å². The Morgan fingerprint density at radius 2 is 1.96 bits per heavy atom. The van der Waals surface area contributed by atoms with E-state index < -0.39 is 23.7 Å². The summed E-state index contributed by atoms with van der Waals surface area (Å²) in [6.07, 6.45) is 0.259. The molecule has 0 radical (unpaired) electrons. The third kappa shape index (κ3) is 4.63. The summed E-state index contributed by atoms with van der Waals surface area (Å²) in [5.74, 6) is -1.62. The molecule has 0 spiro atoms. The number of ether oxygens (including phenoxy) is 1. The maximum absolute atomic E-state index is 13.2. The number of benzene rings is 2. The fourth-order valence-corrected chi connectivity index (χ4v) is 2.54. The quantitative estimate of drug-likeness (QED) is 0.812. The largest absolute Gasteiger partial charge is 0.467 e. The zero-order valence-corrected chi connectivity index (χ0v) is 14.0. The SMILES string of the molecule is COC(=O)[C@@H](Cc1ccccc1Br)NC(=O)c1cccc(F)c1. The Labute approximate surface area is 141 Å². The molecule has 0 fully saturated rings. The van der Waals surface area contributed by atoms with Gasteiger partial charge in [-0.3, -0.25) is 4.79 Å². The van der Waals surface area contributed by atoms with Crippen LogP contribution in [0, 0.1) is 5.82 Å². The summed E-state index contributed by atoms with van der Waals surface area (Å²) >= 11 is 3.40. The molecule has 2 aromatic carbocycles. The summed E-state index contributed by atoms with van der Waals surface area (Å²) in [4.78, 5) is 24.1. The van der Waals surface area contributed by atoms with Gasteiger partial charge in [-0.15, -0.1) is 0 Å². The van der Waals surface area contributed by atoms with E-state index in [1.54, 1.807) is 0 Å². The fraction of sp³-hybridized carbons (Fsp3) is 0.176. The van der Waals surface area contributed by atoms with Crippen LogP contribution in [0.25, 0.3) is 0 Å². The van der Waals surface area contributed by atoms with Crippen LogP contribution in [0.2, 0.25) is 0 Å². The van der Waals surface area contributed by atoms with E-state index in [2.05, 4.69) is 21.2 Å². The molecule has 0 heterocycles. The van der Waals surface area contributed by atoms with Crippen LogP contribution in [-0.2, 0) is 16.0 Å². The highest BCUT2D eigenvalue weighted by atomic mass is 79.9. The van der Waals surface area contributed by atoms with E-state index in [-0.39, 0.29) is 12.0 Å². The molecule has 0 unspecified atom stereocenters. The maximum atomic E-state index is 13.2. The predicted molar refractivity (Wildman–Crippen MR) is 87.5 cm³/mol. The first kappa shape index (κ1) is 17.1. The number of hydrogen-bond donors (Lipinski definition) is 1. The number of halogens is 2. The fourth-order valence-electron chi connectivity index (χ4n) is 2.09. The molecular formula is C17H15BrFNO3. The van der Waals surface area contributed by atoms with Crippen molar-refractivity contribution < 1.29 is 18.7 Å². The van der Waals surface area contributed by atoms with Crippen molar-refractivity contribution in [2.75, 3.05) is 7.11 Å². The minimum atomic E-state index is -0.866. The molecule has 1 atom stereocenters. The highest BCUT2D eigenvalue weighted by Gasteiger charge is 2.23. The summed E-state index contributed by atoms with van der Waals surface area (Å²) < 4.78 is 18.8. The number of hydrogen-bond acceptors (Lipinski definition) is 3. The molecule has 0 saturated carbocycles. The van der Waals surface area contributed by atoms with Gasteiger partial charge in [0.2, 0.25) is 0 Å². The van der Waals surface area contributed by atoms with Crippen molar-refractivity contribution >= 4 is 27.8 Å². The average Bonchev–Trinajstić information content (AvgIpc) is 2.55. The summed E-state index contributed by atoms with van der Waals surface area (Å²) in [7, 11) is 1.25. The lowest BCUT2D eigenvalue weighted by molar-refractivity contribution is -0.142. The highest BCUT2D eigenvalue weighted by Crippen LogP contribution is 2.18. The molecule has 6 heteroatoms. The second-order valence-electron chi connectivity index (χ2n) is 4.86. The third-order valence-corrected chi connectivity index (χ3v) is 4.03. The Morgan fingerprint density at radius 1 is 1.22 bits per heavy atom. The molecule has 0 saturated heterocycles. The van der Waals surface area contributed by atoms with Crippen LogP contribution < -0.4 is 5.32 Å². The minimum Gasteiger partial charge on any atom is -0.467 e. The van der Waals surface area contributed by atoms with Gasteiger partial charge >= 0.3 is 5.97 Å². The molecule has 2 rings (SSSR count). The van der Waals surface area contributed by atoms with Gasteiger partial charge < -0.3 is 10.1 Å². The number of nitrogens with one attached hydrogen (secondary N) is 1. The van der Waals surface area contributed by atoms with Crippen LogP contribution >= 0.6 is 15.9 Å². The van der Waals surface area contributed by atoms with Gasteiger partial charge in [0.15, 0.2) is 0 Å². The summed E-state index contributed by atoms with van der Waals surface area (Å²) in [5.41, 5.74) is 0.994. The number of carbonyl (C=O) groups excluding carboxylic acids is 2. The second kappa shape index (κ2) is 7.87. The minimum absolute atomic E-state index is 0.144. The van der Waals surface area contributed by atoms with Gasteiger partial charge in [0, 0.05) is 16.5 Å². The van der Waals surface area contributed by atoms with Crippen molar-refractivity contribution in [3.05, 3.63) is 69.9 Å². The first-order valence-electron chi connectivity index (χ1n) is 6.89. The molecule has 0 aliphatic heterocycles. The van der Waals surface area contributed by atoms with Crippen molar-refractivity contribution in [1.82, 2.24) is 5.32 Å². The van der Waals surface area contributed by atoms with Crippen molar-refractivity contribution in [1.29, 1.82) is 0 Å². The zero-order chi connectivity index (χ0) is 16.8. The first-order chi connectivity index (χ1) is 11.0. The zero-order valence-electron chi connectivity index (χ0n) is 12.4. The van der Waals surface area contributed by atoms with E-state index >= 15 is 0 Å². The van der Waals surface area contributed by atoms with Crippen LogP contribution in [0.3, 0.4) is 0 Å². The summed E-state index contributed by atoms with van der Waals surface area (Å²) in [6, 6.07) is 11.8. The maximum Gasteiger partial charge on any atom is 0.328 e. The van der Waals surface area contributed by atoms with E-state index in [9.17, 15) is 14.0 Å². The molecule has 120 valence electrons. The molecule has 0 bridgehead atoms. The molecular weight excluding hydrogens is 365 g/mol. The lowest BCUT2D eigenvalue weighted by Crippen LogP contribution is -2.43. The van der Waals surface area contributed by atoms with Gasteiger partial charge in [0.25, 0.3) is 5.91 Å². The van der Waals surface area contributed by atoms with Gasteiger partial charge in [-0.1, -0.05) is 40.2 Å². The van der Waals surface area contributed by atoms with Crippen LogP contribution in [0.1, 0.15) is 15.9 Å². The molecule has 2 aromatic rings. The number of amides is 1. The van der Waals surface area contributed by atoms with Crippen molar-refractivity contribution in [2.45, 2.75) is 12.5 Å². The number of methoxy groups -OCH3 is 1. The Balaban J connectivity index is 2.17. The lowest BCUT2D eigenvalue weighted by Gasteiger charge is -2.17. The smallest absolute Gasteiger partial charge is 0.328 e. The van der Waals surface area contributed by atoms with Gasteiger partial charge in [0.1, 0.15) is 11.9 Å². The molecule has 4 nitrogen and oxygen atoms in total. The monoisotopic (exact) mass is 379 g/mol. The van der Waals surface area contributed by atoms with Crippen LogP contribution in [0.15, 0.2) is 53.0 Å². The predicted octanol–water partition coefficient (Wildman–Crippen LogP) is 3.10. The van der Waals surface area contributed by atoms with Gasteiger partial charge in [0.05, 0.1) is 7.11 Å². The molecule has 0 aromatic heterocycles. The van der Waals surface area contributed by atoms with Crippen molar-refractivity contribution in [2.24, 2.45) is 0 Å². The highest BCUT2D eigenvalue weighted by molar-refractivity contribution is 9.10. The van der Waals surface area contributed by atoms with Gasteiger partial charge in [-0.25, -0.2) is 9.18 Å². The van der Waals surface area contributed by atoms with Crippen molar-refractivity contribution in [3.8, 4) is 0 Å². The van der Waals surface area contributed by atoms with E-state index in [4.69, 9.17) is 4.74 Å². The topological polar surface area (TPSA) is 55.4 Å². The van der Waals surface area contributed by atoms with E-state index in [0.29, 0.717) is 0 Å². The Morgan fingerprint density at radius 3 is 2.61 bits per heavy atom. The van der Waals surface area contributed by atoms with Crippen molar-refractivity contribution in [3.63, 3.8) is 0 Å². The van der Waals surface area contributed by atoms with Crippen LogP contribution in [0.5, 0.6) is 0 Å². The second-order valence-corrected chi connectivity index (χ2v) is 5.71. The van der Waals surface area contributed by atoms with E-state index in [1.807, 2.05) is 24.3 Å². The molecule has 1 N–H and O–H groups in total. The number of carbonyl (C=O) groups is 2. The van der Waals surface area contributed by atoms with Gasteiger partial charge in [-0.05, 0) is 29.8 Å². The Bertz CT molecular complexity index is 720. The normalized spacial score (nSPS) is 11.6. The van der Waals surface area contributed by atoms with Crippen LogP contribution in [0.4, 0.5) is 4.39 Å². The van der Waals surface area contributed by atoms with Crippen LogP contribution in [-0.4, -0.2) is 25.0 Å². The number of rotatable bonds is 5. The standard InChI is InChI=1S/C17H15BrFNO3/c1-23-17(22)15(10-11-5-2-3-8-14(11)18)20-16(21)12-6-4-7-13(19)9-12/h2-9,15H,10H2,1H3,(H,20,21)/t15-/m1/s1. The average molecular weight is 380 g/mol. The molecule has 23 heavy (non-hydrogen) atoms. The molecule has 0 aliphatic carbocycles. The van der Waals surface area contributed by atoms with E-state index in [1.165, 1.54) is 25.3 Å². The Hall–Kier alpha value is -2.21. The summed E-state index contributed by atoms with van der Waals surface area (Å²) in [6.45, 7) is 0. The third-order valence-electron chi connectivity index (χ3n) is 3.26. The lowest BCUT2D eigenvalue weighted by atomic mass is 10.1.